The summed E-state index contributed by atoms with van der Waals surface area (Å²) < 4.78 is 25.4. The van der Waals surface area contributed by atoms with Crippen LogP contribution in [0.5, 0.6) is 0 Å². The Morgan fingerprint density at radius 2 is 1.64 bits per heavy atom. The maximum Gasteiger partial charge on any atom is 0.238 e. The molecule has 0 radical (unpaired) electrons. The molecule has 1 heterocycles. The Morgan fingerprint density at radius 3 is 2.16 bits per heavy atom. The minimum atomic E-state index is -3.52. The molecular formula is C17H25N3O4S. The number of benzene rings is 1. The van der Waals surface area contributed by atoms with Crippen LogP contribution in [0.4, 0.5) is 0 Å². The van der Waals surface area contributed by atoms with Crippen LogP contribution < -0.4 is 0 Å². The Balaban J connectivity index is 2.04. The zero-order chi connectivity index (χ0) is 18.6. The fourth-order valence-corrected chi connectivity index (χ4v) is 3.51. The third kappa shape index (κ3) is 5.27. The predicted molar refractivity (Wildman–Crippen MR) is 95.3 cm³/mol. The highest BCUT2D eigenvalue weighted by Crippen LogP contribution is 2.13. The number of carbonyl (C=O) groups is 2. The van der Waals surface area contributed by atoms with E-state index >= 15 is 0 Å². The molecule has 0 bridgehead atoms. The number of nitrogens with zero attached hydrogens (tertiary/aromatic N) is 3. The molecular weight excluding hydrogens is 342 g/mol. The van der Waals surface area contributed by atoms with E-state index in [-0.39, 0.29) is 24.9 Å². The number of hydrogen-bond acceptors (Lipinski definition) is 4. The average Bonchev–Trinajstić information content (AvgIpc) is 2.55. The quantitative estimate of drug-likeness (QED) is 0.757. The second kappa shape index (κ2) is 7.97. The van der Waals surface area contributed by atoms with Crippen LogP contribution in [-0.4, -0.2) is 73.3 Å². The minimum absolute atomic E-state index is 0.00980. The Labute approximate surface area is 149 Å². The number of carbonyl (C=O) groups excluding carboxylic acids is 2. The zero-order valence-corrected chi connectivity index (χ0v) is 15.8. The van der Waals surface area contributed by atoms with Crippen molar-refractivity contribution >= 4 is 21.8 Å². The molecule has 0 saturated carbocycles. The topological polar surface area (TPSA) is 78.0 Å². The van der Waals surface area contributed by atoms with Gasteiger partial charge in [-0.2, -0.15) is 4.31 Å². The third-order valence-electron chi connectivity index (χ3n) is 4.47. The molecule has 2 amide bonds. The summed E-state index contributed by atoms with van der Waals surface area (Å²) in [4.78, 5) is 27.2. The second-order valence-electron chi connectivity index (χ2n) is 6.34. The van der Waals surface area contributed by atoms with E-state index in [2.05, 4.69) is 0 Å². The van der Waals surface area contributed by atoms with E-state index in [4.69, 9.17) is 0 Å². The van der Waals surface area contributed by atoms with Crippen molar-refractivity contribution in [1.82, 2.24) is 14.1 Å². The molecule has 0 atom stereocenters. The Morgan fingerprint density at radius 1 is 1.08 bits per heavy atom. The summed E-state index contributed by atoms with van der Waals surface area (Å²) in [6, 6.07) is 7.52. The summed E-state index contributed by atoms with van der Waals surface area (Å²) in [5.41, 5.74) is 1.86. The number of sulfonamides is 1. The van der Waals surface area contributed by atoms with Gasteiger partial charge >= 0.3 is 0 Å². The first-order chi connectivity index (χ1) is 11.7. The van der Waals surface area contributed by atoms with E-state index in [9.17, 15) is 18.0 Å². The van der Waals surface area contributed by atoms with Gasteiger partial charge in [0.25, 0.3) is 0 Å². The van der Waals surface area contributed by atoms with Crippen LogP contribution in [0.25, 0.3) is 0 Å². The molecule has 8 heteroatoms. The molecule has 0 aliphatic carbocycles. The summed E-state index contributed by atoms with van der Waals surface area (Å²) in [5.74, 6) is -0.244. The van der Waals surface area contributed by atoms with Crippen LogP contribution in [-0.2, 0) is 26.2 Å². The highest BCUT2D eigenvalue weighted by atomic mass is 32.2. The molecule has 25 heavy (non-hydrogen) atoms. The lowest BCUT2D eigenvalue weighted by molar-refractivity contribution is -0.138. The van der Waals surface area contributed by atoms with Crippen LogP contribution in [0, 0.1) is 6.92 Å². The van der Waals surface area contributed by atoms with Crippen molar-refractivity contribution in [1.29, 1.82) is 0 Å². The lowest BCUT2D eigenvalue weighted by atomic mass is 10.1. The van der Waals surface area contributed by atoms with Gasteiger partial charge in [0.05, 0.1) is 12.8 Å². The van der Waals surface area contributed by atoms with Gasteiger partial charge in [-0.1, -0.05) is 24.3 Å². The Hall–Kier alpha value is -1.93. The Kier molecular flexibility index (Phi) is 6.18. The number of piperazine rings is 1. The molecule has 1 aliphatic rings. The Bertz CT molecular complexity index is 740. The lowest BCUT2D eigenvalue weighted by Gasteiger charge is -2.35. The molecule has 0 unspecified atom stereocenters. The summed E-state index contributed by atoms with van der Waals surface area (Å²) in [6.07, 6.45) is 1.12. The van der Waals surface area contributed by atoms with E-state index in [1.54, 1.807) is 9.80 Å². The van der Waals surface area contributed by atoms with Crippen LogP contribution in [0.3, 0.4) is 0 Å². The van der Waals surface area contributed by atoms with Crippen molar-refractivity contribution in [3.63, 3.8) is 0 Å². The first kappa shape index (κ1) is 19.4. The molecule has 1 aliphatic heterocycles. The summed E-state index contributed by atoms with van der Waals surface area (Å²) in [5, 5.41) is 0. The van der Waals surface area contributed by atoms with Crippen LogP contribution in [0.15, 0.2) is 24.3 Å². The molecule has 1 aromatic carbocycles. The van der Waals surface area contributed by atoms with Crippen molar-refractivity contribution in [2.45, 2.75) is 20.4 Å². The lowest BCUT2D eigenvalue weighted by Crippen LogP contribution is -2.52. The number of aryl methyl sites for hydroxylation is 1. The minimum Gasteiger partial charge on any atom is -0.339 e. The van der Waals surface area contributed by atoms with Gasteiger partial charge in [0.1, 0.15) is 0 Å². The van der Waals surface area contributed by atoms with Gasteiger partial charge in [-0.05, 0) is 18.1 Å². The summed E-state index contributed by atoms with van der Waals surface area (Å²) >= 11 is 0. The molecule has 1 saturated heterocycles. The molecule has 7 nitrogen and oxygen atoms in total. The SMILES string of the molecule is CC(=O)N1CCN(C(=O)CN(Cc2ccccc2C)S(C)(=O)=O)CC1. The second-order valence-corrected chi connectivity index (χ2v) is 8.33. The fraction of sp³-hybridized carbons (Fsp3) is 0.529. The number of hydrogen-bond donors (Lipinski definition) is 0. The first-order valence-corrected chi connectivity index (χ1v) is 10.1. The van der Waals surface area contributed by atoms with E-state index in [1.165, 1.54) is 11.2 Å². The van der Waals surface area contributed by atoms with Crippen LogP contribution in [0.1, 0.15) is 18.1 Å². The van der Waals surface area contributed by atoms with Crippen molar-refractivity contribution in [3.8, 4) is 0 Å². The van der Waals surface area contributed by atoms with Crippen molar-refractivity contribution in [2.75, 3.05) is 39.0 Å². The van der Waals surface area contributed by atoms with E-state index < -0.39 is 10.0 Å². The van der Waals surface area contributed by atoms with Crippen molar-refractivity contribution in [3.05, 3.63) is 35.4 Å². The zero-order valence-electron chi connectivity index (χ0n) is 14.9. The largest absolute Gasteiger partial charge is 0.339 e. The van der Waals surface area contributed by atoms with Gasteiger partial charge < -0.3 is 9.80 Å². The fourth-order valence-electron chi connectivity index (χ4n) is 2.79. The molecule has 138 valence electrons. The normalized spacial score (nSPS) is 15.5. The monoisotopic (exact) mass is 367 g/mol. The maximum absolute atomic E-state index is 12.5. The molecule has 2 rings (SSSR count). The van der Waals surface area contributed by atoms with Gasteiger partial charge in [0.2, 0.25) is 21.8 Å². The maximum atomic E-state index is 12.5. The predicted octanol–water partition coefficient (Wildman–Crippen LogP) is 0.447. The first-order valence-electron chi connectivity index (χ1n) is 8.21. The molecule has 1 aromatic rings. The molecule has 0 aromatic heterocycles. The van der Waals surface area contributed by atoms with Gasteiger partial charge in [-0.25, -0.2) is 8.42 Å². The van der Waals surface area contributed by atoms with Gasteiger partial charge in [0, 0.05) is 39.6 Å². The van der Waals surface area contributed by atoms with Crippen LogP contribution in [0.2, 0.25) is 0 Å². The smallest absolute Gasteiger partial charge is 0.238 e. The van der Waals surface area contributed by atoms with Crippen molar-refractivity contribution in [2.24, 2.45) is 0 Å². The highest BCUT2D eigenvalue weighted by molar-refractivity contribution is 7.88. The van der Waals surface area contributed by atoms with Crippen LogP contribution >= 0.6 is 0 Å². The summed E-state index contributed by atoms with van der Waals surface area (Å²) in [6.45, 7) is 5.23. The molecule has 1 fully saturated rings. The number of rotatable bonds is 5. The molecule has 0 N–H and O–H groups in total. The summed E-state index contributed by atoms with van der Waals surface area (Å²) in [7, 11) is -3.52. The number of amides is 2. The third-order valence-corrected chi connectivity index (χ3v) is 5.66. The van der Waals surface area contributed by atoms with E-state index in [0.29, 0.717) is 26.2 Å². The average molecular weight is 367 g/mol. The van der Waals surface area contributed by atoms with Crippen molar-refractivity contribution < 1.29 is 18.0 Å². The van der Waals surface area contributed by atoms with E-state index in [0.717, 1.165) is 17.4 Å². The van der Waals surface area contributed by atoms with Gasteiger partial charge in [0.15, 0.2) is 0 Å². The standard InChI is InChI=1S/C17H25N3O4S/c1-14-6-4-5-7-16(14)12-20(25(3,23)24)13-17(22)19-10-8-18(9-11-19)15(2)21/h4-7H,8-13H2,1-3H3. The molecule has 0 spiro atoms. The van der Waals surface area contributed by atoms with E-state index in [1.807, 2.05) is 31.2 Å². The van der Waals surface area contributed by atoms with Gasteiger partial charge in [-0.15, -0.1) is 0 Å². The highest BCUT2D eigenvalue weighted by Gasteiger charge is 2.27. The van der Waals surface area contributed by atoms with Gasteiger partial charge in [-0.3, -0.25) is 9.59 Å².